The molecule has 0 N–H and O–H groups in total. The summed E-state index contributed by atoms with van der Waals surface area (Å²) in [4.78, 5) is 0. The van der Waals surface area contributed by atoms with Gasteiger partial charge in [-0.25, -0.2) is 0 Å². The van der Waals surface area contributed by atoms with Crippen LogP contribution in [0.2, 0.25) is 0 Å². The third-order valence-corrected chi connectivity index (χ3v) is 9.97. The SMILES string of the molecule is CC1CC=CC(n2c3ccccc3c3ccccc32)=C1c1ccccc1-n1c2ccccc2c2c3oc4ccccc4c3ccc21. The fourth-order valence-corrected chi connectivity index (χ4v) is 8.02. The first-order chi connectivity index (χ1) is 22.8. The summed E-state index contributed by atoms with van der Waals surface area (Å²) in [5.41, 5.74) is 11.7. The van der Waals surface area contributed by atoms with Gasteiger partial charge >= 0.3 is 0 Å². The highest BCUT2D eigenvalue weighted by Crippen LogP contribution is 2.45. The van der Waals surface area contributed by atoms with E-state index in [1.165, 1.54) is 55.2 Å². The lowest BCUT2D eigenvalue weighted by Gasteiger charge is -2.26. The molecule has 1 unspecified atom stereocenters. The molecule has 1 atom stereocenters. The molecule has 0 bridgehead atoms. The Morgan fingerprint density at radius 1 is 0.543 bits per heavy atom. The highest BCUT2D eigenvalue weighted by molar-refractivity contribution is 6.24. The average Bonchev–Trinajstić information content (AvgIpc) is 3.76. The van der Waals surface area contributed by atoms with Crippen molar-refractivity contribution >= 4 is 76.8 Å². The lowest BCUT2D eigenvalue weighted by atomic mass is 9.85. The van der Waals surface area contributed by atoms with Crippen LogP contribution in [0, 0.1) is 5.92 Å². The Labute approximate surface area is 265 Å². The average molecular weight is 591 g/mol. The van der Waals surface area contributed by atoms with E-state index in [1.807, 2.05) is 6.07 Å². The van der Waals surface area contributed by atoms with Gasteiger partial charge in [-0.1, -0.05) is 104 Å². The van der Waals surface area contributed by atoms with Crippen LogP contribution >= 0.6 is 0 Å². The second kappa shape index (κ2) is 9.60. The molecule has 0 aliphatic heterocycles. The molecule has 218 valence electrons. The van der Waals surface area contributed by atoms with Crippen LogP contribution in [-0.4, -0.2) is 9.13 Å². The summed E-state index contributed by atoms with van der Waals surface area (Å²) in [5.74, 6) is 0.330. The molecule has 3 aromatic heterocycles. The molecule has 46 heavy (non-hydrogen) atoms. The van der Waals surface area contributed by atoms with Crippen molar-refractivity contribution < 1.29 is 4.42 Å². The largest absolute Gasteiger partial charge is 0.455 e. The molecule has 0 fully saturated rings. The third kappa shape index (κ3) is 3.43. The lowest BCUT2D eigenvalue weighted by Crippen LogP contribution is -2.11. The van der Waals surface area contributed by atoms with Crippen molar-refractivity contribution in [3.63, 3.8) is 0 Å². The van der Waals surface area contributed by atoms with E-state index in [4.69, 9.17) is 4.42 Å². The minimum Gasteiger partial charge on any atom is -0.455 e. The molecule has 0 radical (unpaired) electrons. The van der Waals surface area contributed by atoms with Gasteiger partial charge in [-0.3, -0.25) is 0 Å². The van der Waals surface area contributed by atoms with E-state index >= 15 is 0 Å². The van der Waals surface area contributed by atoms with Crippen LogP contribution < -0.4 is 0 Å². The standard InChI is InChI=1S/C43H30N2O/c1-27-13-12-23-38(44-34-19-7-2-14-28(34)29-15-3-8-20-35(29)44)41(27)32-17-4-9-21-36(32)45-37-22-10-5-18-33(37)42-39(45)26-25-31-30-16-6-11-24-40(30)46-43(31)42/h2-12,14-27H,13H2,1H3. The summed E-state index contributed by atoms with van der Waals surface area (Å²) in [5, 5.41) is 7.23. The van der Waals surface area contributed by atoms with Gasteiger partial charge in [-0.05, 0) is 66.5 Å². The first-order valence-corrected chi connectivity index (χ1v) is 16.1. The second-order valence-electron chi connectivity index (χ2n) is 12.5. The van der Waals surface area contributed by atoms with Crippen LogP contribution in [0.1, 0.15) is 18.9 Å². The van der Waals surface area contributed by atoms with Crippen molar-refractivity contribution in [2.45, 2.75) is 13.3 Å². The summed E-state index contributed by atoms with van der Waals surface area (Å²) in [6.07, 6.45) is 5.68. The number of allylic oxidation sites excluding steroid dienone is 4. The van der Waals surface area contributed by atoms with Gasteiger partial charge in [0.25, 0.3) is 0 Å². The number of furan rings is 1. The zero-order valence-corrected chi connectivity index (χ0v) is 25.4. The zero-order valence-electron chi connectivity index (χ0n) is 25.4. The van der Waals surface area contributed by atoms with Gasteiger partial charge in [-0.2, -0.15) is 0 Å². The predicted molar refractivity (Wildman–Crippen MR) is 194 cm³/mol. The number of hydrogen-bond acceptors (Lipinski definition) is 1. The van der Waals surface area contributed by atoms with Gasteiger partial charge in [0.2, 0.25) is 0 Å². The Balaban J connectivity index is 1.32. The van der Waals surface area contributed by atoms with Crippen molar-refractivity contribution in [1.29, 1.82) is 0 Å². The number of fused-ring (bicyclic) bond motifs is 10. The number of rotatable bonds is 3. The maximum atomic E-state index is 6.60. The monoisotopic (exact) mass is 590 g/mol. The lowest BCUT2D eigenvalue weighted by molar-refractivity contribution is 0.673. The molecular weight excluding hydrogens is 560 g/mol. The summed E-state index contributed by atoms with van der Waals surface area (Å²) in [7, 11) is 0. The van der Waals surface area contributed by atoms with Crippen molar-refractivity contribution in [3.8, 4) is 5.69 Å². The van der Waals surface area contributed by atoms with Gasteiger partial charge in [0.15, 0.2) is 0 Å². The van der Waals surface area contributed by atoms with E-state index in [0.717, 1.165) is 39.3 Å². The van der Waals surface area contributed by atoms with Crippen molar-refractivity contribution in [2.24, 2.45) is 5.92 Å². The fourth-order valence-electron chi connectivity index (χ4n) is 8.02. The molecule has 3 heteroatoms. The smallest absolute Gasteiger partial charge is 0.145 e. The van der Waals surface area contributed by atoms with Crippen molar-refractivity contribution in [2.75, 3.05) is 0 Å². The van der Waals surface area contributed by atoms with Crippen LogP contribution in [-0.2, 0) is 0 Å². The Hall–Kier alpha value is -5.80. The van der Waals surface area contributed by atoms with E-state index in [-0.39, 0.29) is 0 Å². The number of hydrogen-bond donors (Lipinski definition) is 0. The Morgan fingerprint density at radius 3 is 1.91 bits per heavy atom. The summed E-state index contributed by atoms with van der Waals surface area (Å²) in [6, 6.07) is 48.2. The summed E-state index contributed by atoms with van der Waals surface area (Å²) < 4.78 is 11.5. The van der Waals surface area contributed by atoms with Crippen molar-refractivity contribution in [3.05, 3.63) is 151 Å². The van der Waals surface area contributed by atoms with Gasteiger partial charge in [0.1, 0.15) is 11.2 Å². The maximum Gasteiger partial charge on any atom is 0.145 e. The highest BCUT2D eigenvalue weighted by Gasteiger charge is 2.26. The molecule has 3 heterocycles. The van der Waals surface area contributed by atoms with E-state index in [1.54, 1.807) is 0 Å². The molecule has 0 spiro atoms. The Bertz CT molecular complexity index is 2690. The summed E-state index contributed by atoms with van der Waals surface area (Å²) >= 11 is 0. The van der Waals surface area contributed by atoms with E-state index < -0.39 is 0 Å². The van der Waals surface area contributed by atoms with Crippen LogP contribution in [0.5, 0.6) is 0 Å². The molecule has 0 saturated heterocycles. The summed E-state index contributed by atoms with van der Waals surface area (Å²) in [6.45, 7) is 2.37. The number of para-hydroxylation sites is 5. The Morgan fingerprint density at radius 2 is 1.15 bits per heavy atom. The van der Waals surface area contributed by atoms with Crippen molar-refractivity contribution in [1.82, 2.24) is 9.13 Å². The maximum absolute atomic E-state index is 6.60. The molecule has 3 nitrogen and oxygen atoms in total. The van der Waals surface area contributed by atoms with Gasteiger partial charge in [0, 0.05) is 32.5 Å². The van der Waals surface area contributed by atoms with Crippen LogP contribution in [0.3, 0.4) is 0 Å². The topological polar surface area (TPSA) is 23.0 Å². The van der Waals surface area contributed by atoms with E-state index in [2.05, 4.69) is 156 Å². The molecule has 0 saturated carbocycles. The molecule has 0 amide bonds. The van der Waals surface area contributed by atoms with E-state index in [0.29, 0.717) is 5.92 Å². The second-order valence-corrected chi connectivity index (χ2v) is 12.5. The van der Waals surface area contributed by atoms with Crippen LogP contribution in [0.25, 0.3) is 82.5 Å². The first kappa shape index (κ1) is 25.5. The zero-order chi connectivity index (χ0) is 30.4. The molecule has 1 aliphatic carbocycles. The highest BCUT2D eigenvalue weighted by atomic mass is 16.3. The van der Waals surface area contributed by atoms with Gasteiger partial charge in [-0.15, -0.1) is 0 Å². The van der Waals surface area contributed by atoms with Gasteiger partial charge in [0.05, 0.1) is 38.8 Å². The molecular formula is C43H30N2O. The minimum absolute atomic E-state index is 0.330. The fraction of sp³-hybridized carbons (Fsp3) is 0.0698. The third-order valence-electron chi connectivity index (χ3n) is 9.97. The molecule has 6 aromatic carbocycles. The quantitative estimate of drug-likeness (QED) is 0.201. The van der Waals surface area contributed by atoms with Crippen LogP contribution in [0.4, 0.5) is 0 Å². The molecule has 9 aromatic rings. The number of benzene rings is 6. The number of aromatic nitrogens is 2. The van der Waals surface area contributed by atoms with E-state index in [9.17, 15) is 0 Å². The van der Waals surface area contributed by atoms with Crippen LogP contribution in [0.15, 0.2) is 150 Å². The molecule has 1 aliphatic rings. The number of nitrogens with zero attached hydrogens (tertiary/aromatic N) is 2. The molecule has 10 rings (SSSR count). The normalized spacial score (nSPS) is 15.5. The van der Waals surface area contributed by atoms with Gasteiger partial charge < -0.3 is 13.6 Å². The predicted octanol–water partition coefficient (Wildman–Crippen LogP) is 11.8. The Kier molecular flexibility index (Phi) is 5.32. The first-order valence-electron chi connectivity index (χ1n) is 16.1. The minimum atomic E-state index is 0.330.